The molecular weight excluding hydrogens is 368 g/mol. The molecule has 0 saturated heterocycles. The van der Waals surface area contributed by atoms with Crippen LogP contribution in [0, 0.1) is 6.92 Å². The molecule has 2 rings (SSSR count). The number of carbonyl (C=O) groups is 1. The SMILES string of the molecule is CCNC(=NCc1ccc(C)cc1OCCOCC)NCCCC(=O)NC1CC1. The van der Waals surface area contributed by atoms with E-state index in [1.165, 1.54) is 0 Å². The lowest BCUT2D eigenvalue weighted by Gasteiger charge is -2.14. The van der Waals surface area contributed by atoms with Crippen molar-refractivity contribution < 1.29 is 14.3 Å². The number of aryl methyl sites for hydroxylation is 1. The maximum atomic E-state index is 11.8. The van der Waals surface area contributed by atoms with Gasteiger partial charge in [0.25, 0.3) is 0 Å². The van der Waals surface area contributed by atoms with Gasteiger partial charge in [0.2, 0.25) is 5.91 Å². The van der Waals surface area contributed by atoms with E-state index < -0.39 is 0 Å². The molecule has 1 aromatic carbocycles. The van der Waals surface area contributed by atoms with Gasteiger partial charge in [-0.15, -0.1) is 0 Å². The normalized spacial score (nSPS) is 13.8. The summed E-state index contributed by atoms with van der Waals surface area (Å²) >= 11 is 0. The lowest BCUT2D eigenvalue weighted by Crippen LogP contribution is -2.38. The van der Waals surface area contributed by atoms with Crippen molar-refractivity contribution in [1.29, 1.82) is 0 Å². The first-order chi connectivity index (χ1) is 14.1. The van der Waals surface area contributed by atoms with Crippen LogP contribution in [0.5, 0.6) is 5.75 Å². The first kappa shape index (κ1) is 23.0. The van der Waals surface area contributed by atoms with Gasteiger partial charge in [0.05, 0.1) is 13.2 Å². The summed E-state index contributed by atoms with van der Waals surface area (Å²) in [5, 5.41) is 9.57. The van der Waals surface area contributed by atoms with Crippen LogP contribution < -0.4 is 20.7 Å². The molecule has 0 aromatic heterocycles. The number of ether oxygens (including phenoxy) is 2. The van der Waals surface area contributed by atoms with Crippen molar-refractivity contribution in [2.45, 2.75) is 59.0 Å². The lowest BCUT2D eigenvalue weighted by atomic mass is 10.1. The summed E-state index contributed by atoms with van der Waals surface area (Å²) in [6.45, 7) is 9.84. The molecule has 0 bridgehead atoms. The Bertz CT molecular complexity index is 659. The van der Waals surface area contributed by atoms with Gasteiger partial charge in [-0.2, -0.15) is 0 Å². The standard InChI is InChI=1S/C22H36N4O3/c1-4-23-22(24-12-6-7-21(27)26-19-10-11-19)25-16-18-9-8-17(3)15-20(18)29-14-13-28-5-2/h8-9,15,19H,4-7,10-14,16H2,1-3H3,(H,26,27)(H2,23,24,25). The summed E-state index contributed by atoms with van der Waals surface area (Å²) in [4.78, 5) is 16.4. The molecule has 162 valence electrons. The molecule has 1 aliphatic rings. The van der Waals surface area contributed by atoms with Crippen molar-refractivity contribution in [2.24, 2.45) is 4.99 Å². The third-order valence-electron chi connectivity index (χ3n) is 4.48. The van der Waals surface area contributed by atoms with Gasteiger partial charge in [0.1, 0.15) is 12.4 Å². The molecule has 29 heavy (non-hydrogen) atoms. The Hall–Kier alpha value is -2.28. The molecule has 0 heterocycles. The van der Waals surface area contributed by atoms with Crippen molar-refractivity contribution in [3.8, 4) is 5.75 Å². The lowest BCUT2D eigenvalue weighted by molar-refractivity contribution is -0.121. The first-order valence-electron chi connectivity index (χ1n) is 10.7. The Balaban J connectivity index is 1.83. The highest BCUT2D eigenvalue weighted by Gasteiger charge is 2.22. The number of hydrogen-bond acceptors (Lipinski definition) is 4. The number of rotatable bonds is 13. The Labute approximate surface area is 174 Å². The van der Waals surface area contributed by atoms with E-state index in [-0.39, 0.29) is 5.91 Å². The zero-order valence-electron chi connectivity index (χ0n) is 18.1. The van der Waals surface area contributed by atoms with Crippen LogP contribution in [0.2, 0.25) is 0 Å². The Morgan fingerprint density at radius 2 is 2.03 bits per heavy atom. The fourth-order valence-corrected chi connectivity index (χ4v) is 2.77. The van der Waals surface area contributed by atoms with E-state index in [2.05, 4.69) is 33.1 Å². The molecule has 0 unspecified atom stereocenters. The molecule has 3 N–H and O–H groups in total. The van der Waals surface area contributed by atoms with E-state index >= 15 is 0 Å². The molecule has 1 fully saturated rings. The molecule has 0 radical (unpaired) electrons. The van der Waals surface area contributed by atoms with Crippen molar-refractivity contribution >= 4 is 11.9 Å². The predicted molar refractivity (Wildman–Crippen MR) is 116 cm³/mol. The van der Waals surface area contributed by atoms with Crippen molar-refractivity contribution in [3.05, 3.63) is 29.3 Å². The average molecular weight is 405 g/mol. The van der Waals surface area contributed by atoms with E-state index in [1.807, 2.05) is 26.8 Å². The van der Waals surface area contributed by atoms with Gasteiger partial charge < -0.3 is 25.4 Å². The highest BCUT2D eigenvalue weighted by atomic mass is 16.5. The smallest absolute Gasteiger partial charge is 0.220 e. The number of aliphatic imine (C=N–C) groups is 1. The van der Waals surface area contributed by atoms with E-state index in [4.69, 9.17) is 9.47 Å². The van der Waals surface area contributed by atoms with Crippen molar-refractivity contribution in [3.63, 3.8) is 0 Å². The molecule has 7 nitrogen and oxygen atoms in total. The van der Waals surface area contributed by atoms with Crippen LogP contribution in [-0.4, -0.2) is 50.8 Å². The molecule has 0 aliphatic heterocycles. The number of guanidine groups is 1. The summed E-state index contributed by atoms with van der Waals surface area (Å²) in [5.74, 6) is 1.74. The molecule has 0 atom stereocenters. The third kappa shape index (κ3) is 9.65. The van der Waals surface area contributed by atoms with Crippen molar-refractivity contribution in [2.75, 3.05) is 32.9 Å². The van der Waals surface area contributed by atoms with Gasteiger partial charge in [-0.1, -0.05) is 12.1 Å². The summed E-state index contributed by atoms with van der Waals surface area (Å²) in [6.07, 6.45) is 3.56. The molecule has 1 aromatic rings. The molecule has 1 saturated carbocycles. The molecule has 1 aliphatic carbocycles. The van der Waals surface area contributed by atoms with E-state index in [1.54, 1.807) is 0 Å². The summed E-state index contributed by atoms with van der Waals surface area (Å²) < 4.78 is 11.2. The van der Waals surface area contributed by atoms with E-state index in [0.29, 0.717) is 45.4 Å². The van der Waals surface area contributed by atoms with Crippen LogP contribution in [0.4, 0.5) is 0 Å². The number of amides is 1. The topological polar surface area (TPSA) is 84.0 Å². The van der Waals surface area contributed by atoms with Crippen LogP contribution in [0.3, 0.4) is 0 Å². The maximum absolute atomic E-state index is 11.8. The van der Waals surface area contributed by atoms with Gasteiger partial charge in [0, 0.05) is 37.7 Å². The van der Waals surface area contributed by atoms with Crippen LogP contribution in [0.1, 0.15) is 50.7 Å². The number of hydrogen-bond donors (Lipinski definition) is 3. The number of nitrogens with zero attached hydrogens (tertiary/aromatic N) is 1. The Morgan fingerprint density at radius 3 is 2.76 bits per heavy atom. The van der Waals surface area contributed by atoms with Gasteiger partial charge in [0.15, 0.2) is 5.96 Å². The first-order valence-corrected chi connectivity index (χ1v) is 10.7. The minimum Gasteiger partial charge on any atom is -0.491 e. The predicted octanol–water partition coefficient (Wildman–Crippen LogP) is 2.52. The molecular formula is C22H36N4O3. The minimum atomic E-state index is 0.143. The second kappa shape index (κ2) is 13.0. The number of benzene rings is 1. The fourth-order valence-electron chi connectivity index (χ4n) is 2.77. The summed E-state index contributed by atoms with van der Waals surface area (Å²) in [7, 11) is 0. The van der Waals surface area contributed by atoms with Crippen LogP contribution in [0.25, 0.3) is 0 Å². The summed E-state index contributed by atoms with van der Waals surface area (Å²) in [6, 6.07) is 6.59. The minimum absolute atomic E-state index is 0.143. The Kier molecular flexibility index (Phi) is 10.3. The van der Waals surface area contributed by atoms with E-state index in [9.17, 15) is 4.79 Å². The van der Waals surface area contributed by atoms with Gasteiger partial charge in [-0.25, -0.2) is 4.99 Å². The average Bonchev–Trinajstić information content (AvgIpc) is 3.51. The van der Waals surface area contributed by atoms with Gasteiger partial charge >= 0.3 is 0 Å². The number of nitrogens with one attached hydrogen (secondary N) is 3. The largest absolute Gasteiger partial charge is 0.491 e. The monoisotopic (exact) mass is 404 g/mol. The van der Waals surface area contributed by atoms with Crippen LogP contribution >= 0.6 is 0 Å². The zero-order chi connectivity index (χ0) is 20.9. The van der Waals surface area contributed by atoms with E-state index in [0.717, 1.165) is 48.6 Å². The van der Waals surface area contributed by atoms with Crippen LogP contribution in [0.15, 0.2) is 23.2 Å². The highest BCUT2D eigenvalue weighted by Crippen LogP contribution is 2.21. The van der Waals surface area contributed by atoms with Gasteiger partial charge in [-0.05, 0) is 51.7 Å². The third-order valence-corrected chi connectivity index (χ3v) is 4.48. The highest BCUT2D eigenvalue weighted by molar-refractivity contribution is 5.80. The Morgan fingerprint density at radius 1 is 1.21 bits per heavy atom. The number of carbonyl (C=O) groups excluding carboxylic acids is 1. The molecule has 0 spiro atoms. The quantitative estimate of drug-likeness (QED) is 0.267. The van der Waals surface area contributed by atoms with Crippen LogP contribution in [-0.2, 0) is 16.1 Å². The van der Waals surface area contributed by atoms with Crippen molar-refractivity contribution in [1.82, 2.24) is 16.0 Å². The second-order valence-corrected chi connectivity index (χ2v) is 7.22. The zero-order valence-corrected chi connectivity index (χ0v) is 18.1. The maximum Gasteiger partial charge on any atom is 0.220 e. The molecule has 7 heteroatoms. The van der Waals surface area contributed by atoms with Gasteiger partial charge in [-0.3, -0.25) is 4.79 Å². The second-order valence-electron chi connectivity index (χ2n) is 7.22. The fraction of sp³-hybridized carbons (Fsp3) is 0.636. The molecule has 1 amide bonds. The summed E-state index contributed by atoms with van der Waals surface area (Å²) in [5.41, 5.74) is 2.19.